The first-order valence-electron chi connectivity index (χ1n) is 5.59. The minimum absolute atomic E-state index is 0.119. The van der Waals surface area contributed by atoms with Crippen molar-refractivity contribution < 1.29 is 4.39 Å². The molecule has 0 saturated carbocycles. The van der Waals surface area contributed by atoms with Gasteiger partial charge >= 0.3 is 0 Å². The van der Waals surface area contributed by atoms with Crippen molar-refractivity contribution >= 4 is 5.57 Å². The second kappa shape index (κ2) is 4.49. The Hall–Kier alpha value is -1.62. The van der Waals surface area contributed by atoms with Crippen LogP contribution in [-0.2, 0) is 0 Å². The van der Waals surface area contributed by atoms with Crippen molar-refractivity contribution in [2.45, 2.75) is 26.2 Å². The summed E-state index contributed by atoms with van der Waals surface area (Å²) in [6, 6.07) is 6.71. The molecule has 16 heavy (non-hydrogen) atoms. The molecule has 0 heterocycles. The third-order valence-electron chi connectivity index (χ3n) is 3.13. The SMILES string of the molecule is CC1CC=C(c2ccc(C#N)c(F)c2)CC1. The topological polar surface area (TPSA) is 23.8 Å². The lowest BCUT2D eigenvalue weighted by Crippen LogP contribution is -2.01. The van der Waals surface area contributed by atoms with Crippen molar-refractivity contribution in [3.63, 3.8) is 0 Å². The molecule has 0 aliphatic heterocycles. The Labute approximate surface area is 95.2 Å². The van der Waals surface area contributed by atoms with Gasteiger partial charge < -0.3 is 0 Å². The molecule has 0 saturated heterocycles. The summed E-state index contributed by atoms with van der Waals surface area (Å²) in [6.45, 7) is 2.23. The van der Waals surface area contributed by atoms with E-state index in [1.807, 2.05) is 12.1 Å². The molecule has 0 fully saturated rings. The molecule has 1 atom stereocenters. The van der Waals surface area contributed by atoms with Crippen LogP contribution in [0.4, 0.5) is 4.39 Å². The summed E-state index contributed by atoms with van der Waals surface area (Å²) in [5.41, 5.74) is 2.25. The highest BCUT2D eigenvalue weighted by Crippen LogP contribution is 2.30. The molecule has 1 aliphatic rings. The minimum Gasteiger partial charge on any atom is -0.206 e. The maximum absolute atomic E-state index is 13.4. The zero-order chi connectivity index (χ0) is 11.5. The number of nitriles is 1. The van der Waals surface area contributed by atoms with Crippen molar-refractivity contribution in [1.29, 1.82) is 5.26 Å². The van der Waals surface area contributed by atoms with E-state index in [-0.39, 0.29) is 5.56 Å². The third-order valence-corrected chi connectivity index (χ3v) is 3.13. The van der Waals surface area contributed by atoms with E-state index in [1.165, 1.54) is 11.6 Å². The van der Waals surface area contributed by atoms with Gasteiger partial charge in [0.2, 0.25) is 0 Å². The molecule has 0 N–H and O–H groups in total. The fraction of sp³-hybridized carbons (Fsp3) is 0.357. The number of allylic oxidation sites excluding steroid dienone is 2. The summed E-state index contributed by atoms with van der Waals surface area (Å²) in [5, 5.41) is 8.65. The Kier molecular flexibility index (Phi) is 3.05. The van der Waals surface area contributed by atoms with Crippen molar-refractivity contribution in [3.8, 4) is 6.07 Å². The van der Waals surface area contributed by atoms with Gasteiger partial charge in [0, 0.05) is 0 Å². The number of benzene rings is 1. The molecule has 1 unspecified atom stereocenters. The molecule has 0 aromatic heterocycles. The maximum Gasteiger partial charge on any atom is 0.141 e. The van der Waals surface area contributed by atoms with Crippen LogP contribution in [0.15, 0.2) is 24.3 Å². The molecule has 1 aromatic rings. The number of hydrogen-bond acceptors (Lipinski definition) is 1. The Morgan fingerprint density at radius 1 is 1.44 bits per heavy atom. The monoisotopic (exact) mass is 215 g/mol. The molecule has 82 valence electrons. The van der Waals surface area contributed by atoms with Gasteiger partial charge in [-0.1, -0.05) is 19.1 Å². The average molecular weight is 215 g/mol. The van der Waals surface area contributed by atoms with Crippen molar-refractivity contribution in [2.24, 2.45) is 5.92 Å². The molecule has 1 aromatic carbocycles. The Morgan fingerprint density at radius 3 is 2.81 bits per heavy atom. The number of rotatable bonds is 1. The first-order chi connectivity index (χ1) is 7.70. The lowest BCUT2D eigenvalue weighted by atomic mass is 9.87. The Bertz CT molecular complexity index is 468. The minimum atomic E-state index is -0.417. The van der Waals surface area contributed by atoms with Crippen molar-refractivity contribution in [3.05, 3.63) is 41.2 Å². The number of nitrogens with zero attached hydrogens (tertiary/aromatic N) is 1. The van der Waals surface area contributed by atoms with Crippen LogP contribution < -0.4 is 0 Å². The van der Waals surface area contributed by atoms with Crippen molar-refractivity contribution in [1.82, 2.24) is 0 Å². The van der Waals surface area contributed by atoms with Gasteiger partial charge in [-0.05, 0) is 48.4 Å². The molecule has 0 amide bonds. The predicted octanol–water partition coefficient (Wildman–Crippen LogP) is 3.90. The lowest BCUT2D eigenvalue weighted by Gasteiger charge is -2.18. The van der Waals surface area contributed by atoms with E-state index in [9.17, 15) is 4.39 Å². The second-order valence-electron chi connectivity index (χ2n) is 4.42. The lowest BCUT2D eigenvalue weighted by molar-refractivity contribution is 0.533. The van der Waals surface area contributed by atoms with Crippen LogP contribution in [0.2, 0.25) is 0 Å². The van der Waals surface area contributed by atoms with Gasteiger partial charge in [0.25, 0.3) is 0 Å². The van der Waals surface area contributed by atoms with E-state index in [4.69, 9.17) is 5.26 Å². The highest BCUT2D eigenvalue weighted by Gasteiger charge is 2.12. The highest BCUT2D eigenvalue weighted by atomic mass is 19.1. The van der Waals surface area contributed by atoms with E-state index < -0.39 is 5.82 Å². The molecular formula is C14H14FN. The van der Waals surface area contributed by atoms with Crippen LogP contribution >= 0.6 is 0 Å². The highest BCUT2D eigenvalue weighted by molar-refractivity contribution is 5.66. The van der Waals surface area contributed by atoms with E-state index in [2.05, 4.69) is 13.0 Å². The van der Waals surface area contributed by atoms with Gasteiger partial charge in [-0.15, -0.1) is 0 Å². The van der Waals surface area contributed by atoms with E-state index in [0.29, 0.717) is 0 Å². The molecule has 2 heteroatoms. The summed E-state index contributed by atoms with van der Waals surface area (Å²) in [5.74, 6) is 0.312. The fourth-order valence-electron chi connectivity index (χ4n) is 2.03. The fourth-order valence-corrected chi connectivity index (χ4v) is 2.03. The van der Waals surface area contributed by atoms with Gasteiger partial charge in [0.05, 0.1) is 5.56 Å². The largest absolute Gasteiger partial charge is 0.206 e. The van der Waals surface area contributed by atoms with Crippen LogP contribution in [0.5, 0.6) is 0 Å². The molecule has 1 nitrogen and oxygen atoms in total. The van der Waals surface area contributed by atoms with Crippen LogP contribution in [0.25, 0.3) is 5.57 Å². The van der Waals surface area contributed by atoms with Crippen LogP contribution in [0, 0.1) is 23.1 Å². The molecular weight excluding hydrogens is 201 g/mol. The van der Waals surface area contributed by atoms with E-state index in [0.717, 1.165) is 30.7 Å². The quantitative estimate of drug-likeness (QED) is 0.697. The van der Waals surface area contributed by atoms with Gasteiger partial charge in [0.1, 0.15) is 11.9 Å². The van der Waals surface area contributed by atoms with Gasteiger partial charge in [0.15, 0.2) is 0 Å². The van der Waals surface area contributed by atoms with E-state index >= 15 is 0 Å². The molecule has 2 rings (SSSR count). The molecule has 0 radical (unpaired) electrons. The summed E-state index contributed by atoms with van der Waals surface area (Å²) >= 11 is 0. The maximum atomic E-state index is 13.4. The molecule has 1 aliphatic carbocycles. The predicted molar refractivity (Wildman–Crippen MR) is 62.1 cm³/mol. The summed E-state index contributed by atoms with van der Waals surface area (Å²) in [7, 11) is 0. The zero-order valence-electron chi connectivity index (χ0n) is 9.33. The second-order valence-corrected chi connectivity index (χ2v) is 4.42. The normalized spacial score (nSPS) is 20.1. The Morgan fingerprint density at radius 2 is 2.25 bits per heavy atom. The number of halogens is 1. The standard InChI is InChI=1S/C14H14FN/c1-10-2-4-11(5-3-10)12-6-7-13(9-16)14(15)8-12/h4,6-8,10H,2-3,5H2,1H3. The third kappa shape index (κ3) is 2.14. The molecule has 0 bridgehead atoms. The molecule has 0 spiro atoms. The Balaban J connectivity index is 2.29. The summed E-state index contributed by atoms with van der Waals surface area (Å²) in [6.07, 6.45) is 5.42. The van der Waals surface area contributed by atoms with E-state index in [1.54, 1.807) is 6.07 Å². The van der Waals surface area contributed by atoms with Crippen LogP contribution in [0.3, 0.4) is 0 Å². The summed E-state index contributed by atoms with van der Waals surface area (Å²) < 4.78 is 13.4. The zero-order valence-corrected chi connectivity index (χ0v) is 9.33. The van der Waals surface area contributed by atoms with Crippen LogP contribution in [0.1, 0.15) is 37.3 Å². The van der Waals surface area contributed by atoms with Crippen molar-refractivity contribution in [2.75, 3.05) is 0 Å². The first kappa shape index (κ1) is 10.9. The first-order valence-corrected chi connectivity index (χ1v) is 5.59. The smallest absolute Gasteiger partial charge is 0.141 e. The van der Waals surface area contributed by atoms with Crippen LogP contribution in [-0.4, -0.2) is 0 Å². The average Bonchev–Trinajstić information content (AvgIpc) is 2.30. The van der Waals surface area contributed by atoms with Gasteiger partial charge in [-0.3, -0.25) is 0 Å². The summed E-state index contributed by atoms with van der Waals surface area (Å²) in [4.78, 5) is 0. The van der Waals surface area contributed by atoms with Gasteiger partial charge in [-0.25, -0.2) is 4.39 Å². The van der Waals surface area contributed by atoms with Gasteiger partial charge in [-0.2, -0.15) is 5.26 Å². The number of hydrogen-bond donors (Lipinski definition) is 0.